The molecule has 0 bridgehead atoms. The smallest absolute Gasteiger partial charge is 0.339 e. The third-order valence-electron chi connectivity index (χ3n) is 4.06. The molecule has 1 aliphatic rings. The number of carbonyl (C=O) groups excluding carboxylic acids is 1. The van der Waals surface area contributed by atoms with Crippen LogP contribution in [0.25, 0.3) is 0 Å². The first kappa shape index (κ1) is 16.2. The fourth-order valence-corrected chi connectivity index (χ4v) is 4.50. The van der Waals surface area contributed by atoms with Crippen molar-refractivity contribution in [1.82, 2.24) is 0 Å². The van der Waals surface area contributed by atoms with Gasteiger partial charge in [0, 0.05) is 14.9 Å². The summed E-state index contributed by atoms with van der Waals surface area (Å²) in [6, 6.07) is 6.98. The Morgan fingerprint density at radius 1 is 1.30 bits per heavy atom. The molecule has 1 aromatic heterocycles. The lowest BCUT2D eigenvalue weighted by molar-refractivity contribution is 0.0697. The zero-order valence-electron chi connectivity index (χ0n) is 12.6. The van der Waals surface area contributed by atoms with Crippen molar-refractivity contribution in [2.24, 2.45) is 5.92 Å². The number of carbonyl (C=O) groups is 2. The van der Waals surface area contributed by atoms with Gasteiger partial charge in [-0.05, 0) is 55.0 Å². The molecule has 120 valence electrons. The molecule has 3 rings (SSSR count). The van der Waals surface area contributed by atoms with E-state index in [4.69, 9.17) is 0 Å². The van der Waals surface area contributed by atoms with Gasteiger partial charge in [-0.1, -0.05) is 22.9 Å². The van der Waals surface area contributed by atoms with E-state index in [2.05, 4.69) is 28.2 Å². The Hall–Kier alpha value is -1.66. The first-order chi connectivity index (χ1) is 11.0. The Labute approximate surface area is 146 Å². The van der Waals surface area contributed by atoms with Crippen LogP contribution in [0.5, 0.6) is 0 Å². The van der Waals surface area contributed by atoms with Gasteiger partial charge in [0.2, 0.25) is 0 Å². The van der Waals surface area contributed by atoms with Crippen LogP contribution in [0.4, 0.5) is 5.00 Å². The van der Waals surface area contributed by atoms with Crippen LogP contribution in [0.15, 0.2) is 28.7 Å². The number of carboxylic acids is 1. The summed E-state index contributed by atoms with van der Waals surface area (Å²) in [5.74, 6) is -0.701. The summed E-state index contributed by atoms with van der Waals surface area (Å²) in [7, 11) is 0. The summed E-state index contributed by atoms with van der Waals surface area (Å²) < 4.78 is 0.890. The van der Waals surface area contributed by atoms with E-state index in [9.17, 15) is 14.7 Å². The minimum absolute atomic E-state index is 0.266. The highest BCUT2D eigenvalue weighted by Crippen LogP contribution is 2.39. The van der Waals surface area contributed by atoms with Crippen LogP contribution < -0.4 is 5.32 Å². The monoisotopic (exact) mass is 393 g/mol. The number of rotatable bonds is 3. The molecule has 2 aromatic rings. The van der Waals surface area contributed by atoms with Gasteiger partial charge in [-0.3, -0.25) is 4.79 Å². The molecule has 1 heterocycles. The van der Waals surface area contributed by atoms with Gasteiger partial charge in [0.25, 0.3) is 5.91 Å². The molecule has 0 aliphatic heterocycles. The molecule has 23 heavy (non-hydrogen) atoms. The van der Waals surface area contributed by atoms with Crippen LogP contribution >= 0.6 is 27.3 Å². The molecule has 1 aromatic carbocycles. The van der Waals surface area contributed by atoms with Gasteiger partial charge in [-0.25, -0.2) is 4.79 Å². The van der Waals surface area contributed by atoms with Crippen molar-refractivity contribution in [3.63, 3.8) is 0 Å². The van der Waals surface area contributed by atoms with Gasteiger partial charge < -0.3 is 10.4 Å². The number of halogens is 1. The highest BCUT2D eigenvalue weighted by Gasteiger charge is 2.28. The van der Waals surface area contributed by atoms with Crippen LogP contribution in [0.3, 0.4) is 0 Å². The first-order valence-corrected chi connectivity index (χ1v) is 9.01. The topological polar surface area (TPSA) is 66.4 Å². The second kappa shape index (κ2) is 6.45. The molecular weight excluding hydrogens is 378 g/mol. The van der Waals surface area contributed by atoms with Crippen molar-refractivity contribution in [2.45, 2.75) is 26.2 Å². The van der Waals surface area contributed by atoms with Crippen molar-refractivity contribution in [2.75, 3.05) is 5.32 Å². The highest BCUT2D eigenvalue weighted by atomic mass is 79.9. The minimum Gasteiger partial charge on any atom is -0.478 e. The average molecular weight is 394 g/mol. The minimum atomic E-state index is -0.969. The normalized spacial score (nSPS) is 16.7. The molecule has 0 saturated heterocycles. The molecule has 1 amide bonds. The van der Waals surface area contributed by atoms with Gasteiger partial charge in [-0.2, -0.15) is 0 Å². The maximum absolute atomic E-state index is 12.4. The standard InChI is InChI=1S/C17H16BrNO3S/c1-9-2-7-12-13(8-9)23-16(14(12)17(21)22)19-15(20)10-3-5-11(18)6-4-10/h3-6,9H,2,7-8H2,1H3,(H,19,20)(H,21,22)/t9-/m0/s1. The first-order valence-electron chi connectivity index (χ1n) is 7.40. The molecule has 4 nitrogen and oxygen atoms in total. The van der Waals surface area contributed by atoms with E-state index < -0.39 is 5.97 Å². The van der Waals surface area contributed by atoms with E-state index in [1.807, 2.05) is 0 Å². The number of benzene rings is 1. The summed E-state index contributed by atoms with van der Waals surface area (Å²) in [4.78, 5) is 25.1. The van der Waals surface area contributed by atoms with Crippen molar-refractivity contribution in [3.05, 3.63) is 50.3 Å². The van der Waals surface area contributed by atoms with Crippen LogP contribution in [0, 0.1) is 5.92 Å². The van der Waals surface area contributed by atoms with Crippen LogP contribution in [-0.2, 0) is 12.8 Å². The molecule has 0 spiro atoms. The third-order valence-corrected chi connectivity index (χ3v) is 5.76. The fourth-order valence-electron chi connectivity index (χ4n) is 2.84. The Bertz CT molecular complexity index is 767. The molecule has 6 heteroatoms. The molecule has 1 aliphatic carbocycles. The van der Waals surface area contributed by atoms with Gasteiger partial charge in [0.15, 0.2) is 0 Å². The Kier molecular flexibility index (Phi) is 4.55. The van der Waals surface area contributed by atoms with E-state index in [1.54, 1.807) is 24.3 Å². The number of nitrogens with one attached hydrogen (secondary N) is 1. The van der Waals surface area contributed by atoms with Crippen molar-refractivity contribution < 1.29 is 14.7 Å². The van der Waals surface area contributed by atoms with E-state index >= 15 is 0 Å². The highest BCUT2D eigenvalue weighted by molar-refractivity contribution is 9.10. The van der Waals surface area contributed by atoms with Gasteiger partial charge >= 0.3 is 5.97 Å². The lowest BCUT2D eigenvalue weighted by Crippen LogP contribution is -2.15. The van der Waals surface area contributed by atoms with Crippen LogP contribution in [0.2, 0.25) is 0 Å². The fraction of sp³-hybridized carbons (Fsp3) is 0.294. The molecule has 0 unspecified atom stereocenters. The number of thiophene rings is 1. The number of hydrogen-bond donors (Lipinski definition) is 2. The summed E-state index contributed by atoms with van der Waals surface area (Å²) in [6.07, 6.45) is 2.64. The Balaban J connectivity index is 1.92. The van der Waals surface area contributed by atoms with E-state index in [-0.39, 0.29) is 11.5 Å². The Morgan fingerprint density at radius 3 is 2.65 bits per heavy atom. The molecular formula is C17H16BrNO3S. The SMILES string of the molecule is C[C@H]1CCc2c(sc(NC(=O)c3ccc(Br)cc3)c2C(=O)O)C1. The third kappa shape index (κ3) is 3.33. The van der Waals surface area contributed by atoms with Gasteiger partial charge in [-0.15, -0.1) is 11.3 Å². The van der Waals surface area contributed by atoms with E-state index in [0.29, 0.717) is 16.5 Å². The lowest BCUT2D eigenvalue weighted by atomic mass is 9.88. The van der Waals surface area contributed by atoms with E-state index in [0.717, 1.165) is 34.2 Å². The van der Waals surface area contributed by atoms with Crippen molar-refractivity contribution >= 4 is 44.1 Å². The summed E-state index contributed by atoms with van der Waals surface area (Å²) in [6.45, 7) is 2.17. The quantitative estimate of drug-likeness (QED) is 0.801. The number of fused-ring (bicyclic) bond motifs is 1. The number of amides is 1. The van der Waals surface area contributed by atoms with E-state index in [1.165, 1.54) is 11.3 Å². The van der Waals surface area contributed by atoms with Crippen LogP contribution in [-0.4, -0.2) is 17.0 Å². The molecule has 2 N–H and O–H groups in total. The predicted molar refractivity (Wildman–Crippen MR) is 94.6 cm³/mol. The average Bonchev–Trinajstić information content (AvgIpc) is 2.84. The van der Waals surface area contributed by atoms with Crippen molar-refractivity contribution in [1.29, 1.82) is 0 Å². The Morgan fingerprint density at radius 2 is 2.00 bits per heavy atom. The number of carboxylic acid groups (broad SMARTS) is 1. The zero-order chi connectivity index (χ0) is 16.6. The number of anilines is 1. The summed E-state index contributed by atoms with van der Waals surface area (Å²) in [5, 5.41) is 12.8. The maximum atomic E-state index is 12.4. The molecule has 0 saturated carbocycles. The summed E-state index contributed by atoms with van der Waals surface area (Å²) in [5.41, 5.74) is 1.67. The van der Waals surface area contributed by atoms with Crippen LogP contribution in [0.1, 0.15) is 44.5 Å². The van der Waals surface area contributed by atoms with Gasteiger partial charge in [0.05, 0.1) is 5.56 Å². The second-order valence-corrected chi connectivity index (χ2v) is 7.84. The largest absolute Gasteiger partial charge is 0.478 e. The van der Waals surface area contributed by atoms with Gasteiger partial charge in [0.1, 0.15) is 5.00 Å². The predicted octanol–water partition coefficient (Wildman–Crippen LogP) is 4.59. The molecule has 0 radical (unpaired) electrons. The zero-order valence-corrected chi connectivity index (χ0v) is 15.0. The maximum Gasteiger partial charge on any atom is 0.339 e. The lowest BCUT2D eigenvalue weighted by Gasteiger charge is -2.17. The van der Waals surface area contributed by atoms with Crippen molar-refractivity contribution in [3.8, 4) is 0 Å². The molecule has 1 atom stereocenters. The number of hydrogen-bond acceptors (Lipinski definition) is 3. The summed E-state index contributed by atoms with van der Waals surface area (Å²) >= 11 is 4.73. The molecule has 0 fully saturated rings. The number of aromatic carboxylic acids is 1. The second-order valence-electron chi connectivity index (χ2n) is 5.82.